The van der Waals surface area contributed by atoms with Crippen LogP contribution in [0.1, 0.15) is 10.8 Å². The van der Waals surface area contributed by atoms with E-state index in [4.69, 9.17) is 4.74 Å². The molecule has 1 rings (SSSR count). The first-order chi connectivity index (χ1) is 8.17. The highest BCUT2D eigenvalue weighted by molar-refractivity contribution is 7.99. The Morgan fingerprint density at radius 2 is 2.18 bits per heavy atom. The molecule has 0 amide bonds. The van der Waals surface area contributed by atoms with Crippen LogP contribution in [0, 0.1) is 10.1 Å². The fraction of sp³-hybridized carbons (Fsp3) is 0.333. The maximum absolute atomic E-state index is 10.6. The maximum atomic E-state index is 10.6. The van der Waals surface area contributed by atoms with Gasteiger partial charge in [-0.25, -0.2) is 0 Å². The standard InChI is InChI=1S/C12H15NO3S/c1-3-8-17-12(9-13(14)15)10-4-6-11(16-2)7-5-10/h3-7,12H,1,8-9H2,2H3. The molecule has 0 saturated carbocycles. The van der Waals surface area contributed by atoms with E-state index in [-0.39, 0.29) is 16.7 Å². The van der Waals surface area contributed by atoms with E-state index in [0.717, 1.165) is 11.3 Å². The molecule has 0 aromatic heterocycles. The number of benzene rings is 1. The number of ether oxygens (including phenoxy) is 1. The summed E-state index contributed by atoms with van der Waals surface area (Å²) < 4.78 is 5.05. The zero-order chi connectivity index (χ0) is 12.7. The van der Waals surface area contributed by atoms with Crippen LogP contribution in [0.4, 0.5) is 0 Å². The average molecular weight is 253 g/mol. The molecule has 0 fully saturated rings. The van der Waals surface area contributed by atoms with Crippen LogP contribution in [-0.2, 0) is 0 Å². The molecule has 0 N–H and O–H groups in total. The lowest BCUT2D eigenvalue weighted by molar-refractivity contribution is -0.479. The van der Waals surface area contributed by atoms with Gasteiger partial charge in [0.25, 0.3) is 0 Å². The molecule has 0 saturated heterocycles. The highest BCUT2D eigenvalue weighted by atomic mass is 32.2. The number of thioether (sulfide) groups is 1. The third kappa shape index (κ3) is 4.48. The number of nitro groups is 1. The third-order valence-corrected chi connectivity index (χ3v) is 3.47. The maximum Gasteiger partial charge on any atom is 0.219 e. The predicted molar refractivity (Wildman–Crippen MR) is 70.3 cm³/mol. The van der Waals surface area contributed by atoms with Gasteiger partial charge in [-0.05, 0) is 17.7 Å². The lowest BCUT2D eigenvalue weighted by Crippen LogP contribution is -2.10. The molecule has 17 heavy (non-hydrogen) atoms. The Morgan fingerprint density at radius 3 is 2.65 bits per heavy atom. The highest BCUT2D eigenvalue weighted by Crippen LogP contribution is 2.30. The second-order valence-electron chi connectivity index (χ2n) is 3.40. The van der Waals surface area contributed by atoms with Crippen LogP contribution >= 0.6 is 11.8 Å². The summed E-state index contributed by atoms with van der Waals surface area (Å²) in [6, 6.07) is 7.36. The van der Waals surface area contributed by atoms with E-state index in [1.165, 1.54) is 11.8 Å². The summed E-state index contributed by atoms with van der Waals surface area (Å²) in [5, 5.41) is 10.5. The van der Waals surface area contributed by atoms with Crippen LogP contribution < -0.4 is 4.74 Å². The topological polar surface area (TPSA) is 52.4 Å². The van der Waals surface area contributed by atoms with E-state index in [9.17, 15) is 10.1 Å². The van der Waals surface area contributed by atoms with Crippen molar-refractivity contribution in [2.24, 2.45) is 0 Å². The van der Waals surface area contributed by atoms with Crippen molar-refractivity contribution in [1.29, 1.82) is 0 Å². The van der Waals surface area contributed by atoms with Crippen molar-refractivity contribution < 1.29 is 9.66 Å². The van der Waals surface area contributed by atoms with E-state index < -0.39 is 0 Å². The summed E-state index contributed by atoms with van der Waals surface area (Å²) in [6.45, 7) is 3.54. The van der Waals surface area contributed by atoms with Crippen molar-refractivity contribution in [3.05, 3.63) is 52.6 Å². The van der Waals surface area contributed by atoms with E-state index in [2.05, 4.69) is 6.58 Å². The van der Waals surface area contributed by atoms with Crippen molar-refractivity contribution in [3.8, 4) is 5.75 Å². The lowest BCUT2D eigenvalue weighted by Gasteiger charge is -2.12. The lowest BCUT2D eigenvalue weighted by atomic mass is 10.1. The van der Waals surface area contributed by atoms with E-state index in [0.29, 0.717) is 5.75 Å². The molecule has 1 atom stereocenters. The van der Waals surface area contributed by atoms with Gasteiger partial charge < -0.3 is 4.74 Å². The largest absolute Gasteiger partial charge is 0.497 e. The monoisotopic (exact) mass is 253 g/mol. The number of hydrogen-bond donors (Lipinski definition) is 0. The molecule has 5 heteroatoms. The van der Waals surface area contributed by atoms with Crippen LogP contribution in [0.15, 0.2) is 36.9 Å². The number of rotatable bonds is 7. The van der Waals surface area contributed by atoms with Gasteiger partial charge in [0.15, 0.2) is 0 Å². The summed E-state index contributed by atoms with van der Waals surface area (Å²) >= 11 is 1.52. The van der Waals surface area contributed by atoms with Gasteiger partial charge in [0.05, 0.1) is 12.4 Å². The molecular formula is C12H15NO3S. The SMILES string of the molecule is C=CCSC(C[N+](=O)[O-])c1ccc(OC)cc1. The first kappa shape index (κ1) is 13.6. The molecule has 0 bridgehead atoms. The van der Waals surface area contributed by atoms with Crippen LogP contribution in [0.2, 0.25) is 0 Å². The van der Waals surface area contributed by atoms with Gasteiger partial charge in [0, 0.05) is 10.7 Å². The third-order valence-electron chi connectivity index (χ3n) is 2.22. The van der Waals surface area contributed by atoms with Gasteiger partial charge in [-0.2, -0.15) is 0 Å². The molecule has 4 nitrogen and oxygen atoms in total. The van der Waals surface area contributed by atoms with Crippen molar-refractivity contribution in [3.63, 3.8) is 0 Å². The first-order valence-corrected chi connectivity index (χ1v) is 6.20. The second-order valence-corrected chi connectivity index (χ2v) is 4.63. The molecule has 0 radical (unpaired) electrons. The molecule has 0 aliphatic rings. The minimum atomic E-state index is -0.287. The minimum Gasteiger partial charge on any atom is -0.497 e. The summed E-state index contributed by atoms with van der Waals surface area (Å²) in [4.78, 5) is 10.3. The predicted octanol–water partition coefficient (Wildman–Crippen LogP) is 2.93. The van der Waals surface area contributed by atoms with Gasteiger partial charge in [-0.15, -0.1) is 18.3 Å². The van der Waals surface area contributed by atoms with Gasteiger partial charge >= 0.3 is 0 Å². The Balaban J connectivity index is 2.78. The van der Waals surface area contributed by atoms with Gasteiger partial charge in [0.1, 0.15) is 5.75 Å². The molecule has 0 aliphatic heterocycles. The molecule has 0 heterocycles. The van der Waals surface area contributed by atoms with Crippen LogP contribution in [0.3, 0.4) is 0 Å². The normalized spacial score (nSPS) is 11.8. The zero-order valence-corrected chi connectivity index (χ0v) is 10.5. The summed E-state index contributed by atoms with van der Waals surface area (Å²) in [6.07, 6.45) is 1.75. The molecule has 92 valence electrons. The first-order valence-electron chi connectivity index (χ1n) is 5.15. The minimum absolute atomic E-state index is 0.0785. The fourth-order valence-corrected chi connectivity index (χ4v) is 2.34. The fourth-order valence-electron chi connectivity index (χ4n) is 1.39. The molecule has 1 unspecified atom stereocenters. The second kappa shape index (κ2) is 6.96. The Labute approximate surface area is 105 Å². The summed E-state index contributed by atoms with van der Waals surface area (Å²) in [7, 11) is 1.59. The Kier molecular flexibility index (Phi) is 5.56. The van der Waals surface area contributed by atoms with Crippen molar-refractivity contribution in [1.82, 2.24) is 0 Å². The smallest absolute Gasteiger partial charge is 0.219 e. The van der Waals surface area contributed by atoms with Crippen LogP contribution in [0.5, 0.6) is 5.75 Å². The van der Waals surface area contributed by atoms with Gasteiger partial charge in [0.2, 0.25) is 6.54 Å². The molecule has 0 aliphatic carbocycles. The van der Waals surface area contributed by atoms with Crippen LogP contribution in [-0.4, -0.2) is 24.3 Å². The molecule has 0 spiro atoms. The van der Waals surface area contributed by atoms with Gasteiger partial charge in [-0.3, -0.25) is 10.1 Å². The molecule has 1 aromatic carbocycles. The Hall–Kier alpha value is -1.49. The van der Waals surface area contributed by atoms with Crippen molar-refractivity contribution in [2.45, 2.75) is 5.25 Å². The number of methoxy groups -OCH3 is 1. The summed E-state index contributed by atoms with van der Waals surface area (Å²) in [5.41, 5.74) is 0.939. The van der Waals surface area contributed by atoms with E-state index in [1.807, 2.05) is 24.3 Å². The average Bonchev–Trinajstić information content (AvgIpc) is 2.34. The Morgan fingerprint density at radius 1 is 1.53 bits per heavy atom. The Bertz CT molecular complexity index is 378. The molecule has 1 aromatic rings. The van der Waals surface area contributed by atoms with E-state index in [1.54, 1.807) is 13.2 Å². The van der Waals surface area contributed by atoms with Crippen molar-refractivity contribution in [2.75, 3.05) is 19.4 Å². The van der Waals surface area contributed by atoms with E-state index >= 15 is 0 Å². The summed E-state index contributed by atoms with van der Waals surface area (Å²) in [5.74, 6) is 1.45. The molecular weight excluding hydrogens is 238 g/mol. The highest BCUT2D eigenvalue weighted by Gasteiger charge is 2.17. The number of nitrogens with zero attached hydrogens (tertiary/aromatic N) is 1. The number of hydrogen-bond acceptors (Lipinski definition) is 4. The zero-order valence-electron chi connectivity index (χ0n) is 9.67. The van der Waals surface area contributed by atoms with Crippen molar-refractivity contribution >= 4 is 11.8 Å². The van der Waals surface area contributed by atoms with Crippen LogP contribution in [0.25, 0.3) is 0 Å². The van der Waals surface area contributed by atoms with Gasteiger partial charge in [-0.1, -0.05) is 18.2 Å². The quantitative estimate of drug-likeness (QED) is 0.426.